The number of carbonyl (C=O) groups excluding carboxylic acids is 1. The van der Waals surface area contributed by atoms with E-state index in [0.717, 1.165) is 6.08 Å². The predicted molar refractivity (Wildman–Crippen MR) is 41.2 cm³/mol. The summed E-state index contributed by atoms with van der Waals surface area (Å²) in [5.41, 5.74) is 0. The number of nitrogens with one attached hydrogen (secondary N) is 1. The zero-order valence-corrected chi connectivity index (χ0v) is 6.63. The van der Waals surface area contributed by atoms with E-state index in [-0.39, 0.29) is 18.9 Å². The van der Waals surface area contributed by atoms with Crippen LogP contribution in [0.1, 0.15) is 6.92 Å². The van der Waals surface area contributed by atoms with Crippen LogP contribution in [-0.2, 0) is 9.59 Å². The van der Waals surface area contributed by atoms with Crippen LogP contribution in [0.2, 0.25) is 0 Å². The summed E-state index contributed by atoms with van der Waals surface area (Å²) >= 11 is 0. The van der Waals surface area contributed by atoms with E-state index in [1.165, 1.54) is 6.92 Å². The maximum absolute atomic E-state index is 10.4. The molecule has 0 aromatic heterocycles. The van der Waals surface area contributed by atoms with Gasteiger partial charge in [0.2, 0.25) is 5.91 Å². The Labute approximate surface area is 76.8 Å². The van der Waals surface area contributed by atoms with Gasteiger partial charge in [0.05, 0.1) is 0 Å². The maximum Gasteiger partial charge on any atom is 0.325 e. The van der Waals surface area contributed by atoms with Crippen molar-refractivity contribution in [1.82, 2.24) is 5.32 Å². The second-order valence-electron chi connectivity index (χ2n) is 1.77. The van der Waals surface area contributed by atoms with E-state index in [4.69, 9.17) is 5.11 Å². The van der Waals surface area contributed by atoms with Crippen molar-refractivity contribution in [3.05, 3.63) is 12.7 Å². The van der Waals surface area contributed by atoms with Gasteiger partial charge in [-0.3, -0.25) is 9.59 Å². The van der Waals surface area contributed by atoms with Gasteiger partial charge >= 0.3 is 5.97 Å². The minimum absolute atomic E-state index is 0. The van der Waals surface area contributed by atoms with Crippen LogP contribution < -0.4 is 5.32 Å². The number of carbonyl (C=O) groups is 2. The molecule has 0 fully saturated rings. The van der Waals surface area contributed by atoms with Gasteiger partial charge in [0.15, 0.2) is 0 Å². The Morgan fingerprint density at radius 1 is 1.64 bits per heavy atom. The van der Waals surface area contributed by atoms with E-state index in [2.05, 4.69) is 11.9 Å². The fourth-order valence-corrected chi connectivity index (χ4v) is 0.334. The van der Waals surface area contributed by atoms with Gasteiger partial charge < -0.3 is 10.4 Å². The molecule has 11 heavy (non-hydrogen) atoms. The molecule has 0 aromatic carbocycles. The van der Waals surface area contributed by atoms with Crippen molar-refractivity contribution in [3.8, 4) is 0 Å². The smallest absolute Gasteiger partial charge is 0.325 e. The average molecular weight is 150 g/mol. The van der Waals surface area contributed by atoms with Crippen molar-refractivity contribution in [2.45, 2.75) is 13.0 Å². The molecular formula is C6H9LiNO3. The van der Waals surface area contributed by atoms with Crippen LogP contribution in [0, 0.1) is 0 Å². The maximum atomic E-state index is 10.4. The zero-order valence-electron chi connectivity index (χ0n) is 6.63. The Kier molecular flexibility index (Phi) is 7.06. The number of hydrogen-bond donors (Lipinski definition) is 2. The molecule has 4 nitrogen and oxygen atoms in total. The summed E-state index contributed by atoms with van der Waals surface area (Å²) in [5.74, 6) is -1.54. The minimum atomic E-state index is -1.06. The topological polar surface area (TPSA) is 66.4 Å². The number of carboxylic acids is 1. The fourth-order valence-electron chi connectivity index (χ4n) is 0.334. The van der Waals surface area contributed by atoms with Gasteiger partial charge in [0.1, 0.15) is 6.04 Å². The van der Waals surface area contributed by atoms with Gasteiger partial charge in [-0.25, -0.2) is 0 Å². The van der Waals surface area contributed by atoms with Gasteiger partial charge in [0, 0.05) is 18.9 Å². The second-order valence-corrected chi connectivity index (χ2v) is 1.77. The number of hydrogen-bond acceptors (Lipinski definition) is 2. The van der Waals surface area contributed by atoms with Crippen molar-refractivity contribution < 1.29 is 14.7 Å². The summed E-state index contributed by atoms with van der Waals surface area (Å²) < 4.78 is 0. The van der Waals surface area contributed by atoms with Crippen molar-refractivity contribution in [2.24, 2.45) is 0 Å². The SMILES string of the molecule is C=CC(=O)N[C@@H](C)C(=O)O.[Li]. The Morgan fingerprint density at radius 3 is 2.36 bits per heavy atom. The molecule has 1 atom stereocenters. The van der Waals surface area contributed by atoms with E-state index in [0.29, 0.717) is 0 Å². The first-order chi connectivity index (χ1) is 4.57. The standard InChI is InChI=1S/C6H9NO3.Li/c1-3-5(8)7-4(2)6(9)10;/h3-4H,1H2,2H3,(H,7,8)(H,9,10);/t4-;/m0./s1. The fraction of sp³-hybridized carbons (Fsp3) is 0.333. The molecule has 0 saturated carbocycles. The van der Waals surface area contributed by atoms with E-state index < -0.39 is 17.9 Å². The molecule has 0 aliphatic rings. The first-order valence-corrected chi connectivity index (χ1v) is 2.73. The van der Waals surface area contributed by atoms with Gasteiger partial charge in [-0.15, -0.1) is 0 Å². The summed E-state index contributed by atoms with van der Waals surface area (Å²) in [5, 5.41) is 10.4. The third-order valence-corrected chi connectivity index (χ3v) is 0.915. The predicted octanol–water partition coefficient (Wildman–Crippen LogP) is -0.619. The molecule has 5 heteroatoms. The van der Waals surface area contributed by atoms with Crippen LogP contribution >= 0.6 is 0 Å². The van der Waals surface area contributed by atoms with E-state index in [1.54, 1.807) is 0 Å². The quantitative estimate of drug-likeness (QED) is 0.416. The number of rotatable bonds is 3. The second kappa shape index (κ2) is 6.02. The van der Waals surface area contributed by atoms with Gasteiger partial charge in [-0.05, 0) is 13.0 Å². The van der Waals surface area contributed by atoms with Crippen LogP contribution in [0.15, 0.2) is 12.7 Å². The molecule has 0 rings (SSSR count). The number of carboxylic acid groups (broad SMARTS) is 1. The van der Waals surface area contributed by atoms with Gasteiger partial charge in [-0.2, -0.15) is 0 Å². The van der Waals surface area contributed by atoms with E-state index in [9.17, 15) is 9.59 Å². The third kappa shape index (κ3) is 5.71. The Hall–Kier alpha value is -0.723. The molecule has 0 bridgehead atoms. The molecule has 0 unspecified atom stereocenters. The van der Waals surface area contributed by atoms with Gasteiger partial charge in [-0.1, -0.05) is 6.58 Å². The molecule has 2 N–H and O–H groups in total. The summed E-state index contributed by atoms with van der Waals surface area (Å²) in [6.07, 6.45) is 1.03. The van der Waals surface area contributed by atoms with Crippen LogP contribution in [0.4, 0.5) is 0 Å². The summed E-state index contributed by atoms with van der Waals surface area (Å²) in [6.45, 7) is 4.55. The van der Waals surface area contributed by atoms with Crippen LogP contribution in [-0.4, -0.2) is 41.9 Å². The first-order valence-electron chi connectivity index (χ1n) is 2.73. The molecule has 0 saturated heterocycles. The molecule has 0 aliphatic heterocycles. The monoisotopic (exact) mass is 150 g/mol. The zero-order chi connectivity index (χ0) is 8.15. The Bertz CT molecular complexity index is 169. The van der Waals surface area contributed by atoms with E-state index >= 15 is 0 Å². The van der Waals surface area contributed by atoms with Crippen LogP contribution in [0.5, 0.6) is 0 Å². The van der Waals surface area contributed by atoms with Crippen molar-refractivity contribution in [3.63, 3.8) is 0 Å². The Balaban J connectivity index is 0. The average Bonchev–Trinajstić information content (AvgIpc) is 1.87. The molecule has 57 valence electrons. The minimum Gasteiger partial charge on any atom is -0.480 e. The molecule has 0 heterocycles. The van der Waals surface area contributed by atoms with Crippen molar-refractivity contribution in [1.29, 1.82) is 0 Å². The van der Waals surface area contributed by atoms with Crippen molar-refractivity contribution >= 4 is 30.7 Å². The largest absolute Gasteiger partial charge is 0.480 e. The third-order valence-electron chi connectivity index (χ3n) is 0.915. The molecule has 0 spiro atoms. The molecule has 0 aromatic rings. The normalized spacial score (nSPS) is 10.6. The molecular weight excluding hydrogens is 141 g/mol. The summed E-state index contributed by atoms with van der Waals surface area (Å²) in [4.78, 5) is 20.5. The summed E-state index contributed by atoms with van der Waals surface area (Å²) in [6, 6.07) is -0.856. The van der Waals surface area contributed by atoms with Gasteiger partial charge in [0.25, 0.3) is 0 Å². The molecule has 0 aliphatic carbocycles. The molecule has 1 amide bonds. The molecule has 1 radical (unpaired) electrons. The first kappa shape index (κ1) is 12.9. The Morgan fingerprint density at radius 2 is 2.09 bits per heavy atom. The van der Waals surface area contributed by atoms with Crippen molar-refractivity contribution in [2.75, 3.05) is 0 Å². The number of amides is 1. The van der Waals surface area contributed by atoms with E-state index in [1.807, 2.05) is 0 Å². The summed E-state index contributed by atoms with van der Waals surface area (Å²) in [7, 11) is 0. The van der Waals surface area contributed by atoms with Crippen LogP contribution in [0.25, 0.3) is 0 Å². The van der Waals surface area contributed by atoms with Crippen LogP contribution in [0.3, 0.4) is 0 Å². The number of aliphatic carboxylic acids is 1.